The standard InChI is InChI=1S/C22H17ClN4O3S/c23-18-9-5-4-8-15(18)12-27-21(29)17(11-25-22(27)30)19(28)24-10-16-13-31-20(26-16)14-6-2-1-3-7-14/h1-9,11,13H,10,12H2,(H,24,28)(H,25,30). The Bertz CT molecular complexity index is 1340. The molecule has 4 rings (SSSR count). The Kier molecular flexibility index (Phi) is 6.11. The van der Waals surface area contributed by atoms with Gasteiger partial charge in [-0.15, -0.1) is 11.3 Å². The number of aromatic amines is 1. The lowest BCUT2D eigenvalue weighted by atomic mass is 10.2. The molecule has 31 heavy (non-hydrogen) atoms. The largest absolute Gasteiger partial charge is 0.346 e. The maximum absolute atomic E-state index is 12.8. The van der Waals surface area contributed by atoms with Crippen LogP contribution >= 0.6 is 22.9 Å². The second kappa shape index (κ2) is 9.11. The lowest BCUT2D eigenvalue weighted by molar-refractivity contribution is 0.0947. The van der Waals surface area contributed by atoms with E-state index in [1.165, 1.54) is 11.3 Å². The van der Waals surface area contributed by atoms with Crippen LogP contribution in [0.1, 0.15) is 21.6 Å². The molecule has 1 amide bonds. The Hall–Kier alpha value is -3.49. The number of H-pyrrole nitrogens is 1. The molecule has 0 spiro atoms. The third-order valence-corrected chi connectivity index (χ3v) is 5.90. The molecule has 0 aliphatic rings. The number of nitrogens with zero attached hydrogens (tertiary/aromatic N) is 2. The number of hydrogen-bond acceptors (Lipinski definition) is 5. The minimum absolute atomic E-state index is 0.0402. The van der Waals surface area contributed by atoms with E-state index in [-0.39, 0.29) is 18.7 Å². The highest BCUT2D eigenvalue weighted by atomic mass is 35.5. The molecule has 7 nitrogen and oxygen atoms in total. The zero-order valence-electron chi connectivity index (χ0n) is 16.2. The zero-order chi connectivity index (χ0) is 21.8. The van der Waals surface area contributed by atoms with Crippen LogP contribution in [0, 0.1) is 0 Å². The molecule has 0 fully saturated rings. The number of hydrogen-bond donors (Lipinski definition) is 2. The van der Waals surface area contributed by atoms with E-state index in [0.29, 0.717) is 16.3 Å². The predicted octanol–water partition coefficient (Wildman–Crippen LogP) is 3.29. The zero-order valence-corrected chi connectivity index (χ0v) is 17.7. The van der Waals surface area contributed by atoms with E-state index in [1.807, 2.05) is 35.7 Å². The number of halogens is 1. The summed E-state index contributed by atoms with van der Waals surface area (Å²) < 4.78 is 0.951. The average molecular weight is 453 g/mol. The van der Waals surface area contributed by atoms with Crippen molar-refractivity contribution in [2.45, 2.75) is 13.1 Å². The van der Waals surface area contributed by atoms with Crippen LogP contribution in [0.25, 0.3) is 10.6 Å². The molecule has 2 aromatic carbocycles. The van der Waals surface area contributed by atoms with Gasteiger partial charge >= 0.3 is 5.69 Å². The summed E-state index contributed by atoms with van der Waals surface area (Å²) in [6.07, 6.45) is 1.12. The number of benzene rings is 2. The molecule has 4 aromatic rings. The number of thiazole rings is 1. The predicted molar refractivity (Wildman–Crippen MR) is 121 cm³/mol. The highest BCUT2D eigenvalue weighted by Gasteiger charge is 2.16. The number of nitrogens with one attached hydrogen (secondary N) is 2. The summed E-state index contributed by atoms with van der Waals surface area (Å²) in [6, 6.07) is 16.6. The Balaban J connectivity index is 1.50. The van der Waals surface area contributed by atoms with E-state index in [1.54, 1.807) is 24.3 Å². The van der Waals surface area contributed by atoms with E-state index in [9.17, 15) is 14.4 Å². The molecular weight excluding hydrogens is 436 g/mol. The minimum Gasteiger partial charge on any atom is -0.346 e. The van der Waals surface area contributed by atoms with Gasteiger partial charge in [0.15, 0.2) is 0 Å². The Morgan fingerprint density at radius 2 is 1.84 bits per heavy atom. The third kappa shape index (κ3) is 4.65. The average Bonchev–Trinajstić information content (AvgIpc) is 3.26. The van der Waals surface area contributed by atoms with Crippen molar-refractivity contribution < 1.29 is 4.79 Å². The fraction of sp³-hybridized carbons (Fsp3) is 0.0909. The number of amides is 1. The monoisotopic (exact) mass is 452 g/mol. The second-order valence-electron chi connectivity index (χ2n) is 6.68. The molecule has 0 aliphatic carbocycles. The fourth-order valence-corrected chi connectivity index (χ4v) is 4.00. The summed E-state index contributed by atoms with van der Waals surface area (Å²) in [5.41, 5.74) is 0.805. The molecule has 0 bridgehead atoms. The number of carbonyl (C=O) groups excluding carboxylic acids is 1. The van der Waals surface area contributed by atoms with Gasteiger partial charge in [-0.2, -0.15) is 0 Å². The summed E-state index contributed by atoms with van der Waals surface area (Å²) in [7, 11) is 0. The normalized spacial score (nSPS) is 10.7. The lowest BCUT2D eigenvalue weighted by Gasteiger charge is -2.09. The van der Waals surface area contributed by atoms with Crippen LogP contribution < -0.4 is 16.6 Å². The van der Waals surface area contributed by atoms with Crippen LogP contribution in [0.4, 0.5) is 0 Å². The van der Waals surface area contributed by atoms with Crippen LogP contribution in [0.3, 0.4) is 0 Å². The fourth-order valence-electron chi connectivity index (χ4n) is 2.98. The summed E-state index contributed by atoms with van der Waals surface area (Å²) >= 11 is 7.60. The molecule has 0 unspecified atom stereocenters. The molecular formula is C22H17ClN4O3S. The first-order valence-electron chi connectivity index (χ1n) is 9.37. The van der Waals surface area contributed by atoms with Crippen LogP contribution in [0.2, 0.25) is 5.02 Å². The van der Waals surface area contributed by atoms with Crippen molar-refractivity contribution in [2.24, 2.45) is 0 Å². The minimum atomic E-state index is -0.690. The van der Waals surface area contributed by atoms with Gasteiger partial charge in [-0.05, 0) is 11.6 Å². The maximum atomic E-state index is 12.8. The summed E-state index contributed by atoms with van der Waals surface area (Å²) in [5, 5.41) is 5.81. The van der Waals surface area contributed by atoms with Crippen LogP contribution in [-0.4, -0.2) is 20.4 Å². The molecule has 156 valence electrons. The Labute approximate surface area is 186 Å². The highest BCUT2D eigenvalue weighted by molar-refractivity contribution is 7.13. The molecule has 2 aromatic heterocycles. The van der Waals surface area contributed by atoms with Crippen molar-refractivity contribution in [2.75, 3.05) is 0 Å². The second-order valence-corrected chi connectivity index (χ2v) is 7.95. The Morgan fingerprint density at radius 3 is 2.61 bits per heavy atom. The third-order valence-electron chi connectivity index (χ3n) is 4.59. The molecule has 0 atom stereocenters. The van der Waals surface area contributed by atoms with Gasteiger partial charge in [-0.1, -0.05) is 60.1 Å². The summed E-state index contributed by atoms with van der Waals surface area (Å²) in [6.45, 7) is 0.118. The van der Waals surface area contributed by atoms with Gasteiger partial charge in [0.25, 0.3) is 11.5 Å². The smallest absolute Gasteiger partial charge is 0.328 e. The van der Waals surface area contributed by atoms with Crippen molar-refractivity contribution in [1.82, 2.24) is 19.9 Å². The van der Waals surface area contributed by atoms with Crippen LogP contribution in [0.15, 0.2) is 75.8 Å². The maximum Gasteiger partial charge on any atom is 0.328 e. The van der Waals surface area contributed by atoms with Crippen LogP contribution in [-0.2, 0) is 13.1 Å². The van der Waals surface area contributed by atoms with Gasteiger partial charge in [0, 0.05) is 22.2 Å². The van der Waals surface area contributed by atoms with Crippen molar-refractivity contribution >= 4 is 28.8 Å². The van der Waals surface area contributed by atoms with E-state index in [4.69, 9.17) is 11.6 Å². The first kappa shape index (κ1) is 20.8. The summed E-state index contributed by atoms with van der Waals surface area (Å²) in [5.74, 6) is -0.594. The van der Waals surface area contributed by atoms with Crippen molar-refractivity contribution in [1.29, 1.82) is 0 Å². The van der Waals surface area contributed by atoms with Gasteiger partial charge in [-0.25, -0.2) is 9.78 Å². The topological polar surface area (TPSA) is 96.8 Å². The first-order valence-corrected chi connectivity index (χ1v) is 10.6. The number of rotatable bonds is 6. The SMILES string of the molecule is O=C(NCc1csc(-c2ccccc2)n1)c1c[nH]c(=O)n(Cc2ccccc2Cl)c1=O. The van der Waals surface area contributed by atoms with Gasteiger partial charge < -0.3 is 10.3 Å². The molecule has 2 N–H and O–H groups in total. The van der Waals surface area contributed by atoms with Gasteiger partial charge in [0.05, 0.1) is 18.8 Å². The van der Waals surface area contributed by atoms with Crippen LogP contribution in [0.5, 0.6) is 0 Å². The van der Waals surface area contributed by atoms with Crippen molar-refractivity contribution in [3.63, 3.8) is 0 Å². The van der Waals surface area contributed by atoms with Crippen molar-refractivity contribution in [3.05, 3.63) is 109 Å². The molecule has 0 saturated heterocycles. The molecule has 0 radical (unpaired) electrons. The van der Waals surface area contributed by atoms with Gasteiger partial charge in [0.2, 0.25) is 0 Å². The quantitative estimate of drug-likeness (QED) is 0.469. The summed E-state index contributed by atoms with van der Waals surface area (Å²) in [4.78, 5) is 44.5. The molecule has 0 aliphatic heterocycles. The highest BCUT2D eigenvalue weighted by Crippen LogP contribution is 2.23. The number of aromatic nitrogens is 3. The Morgan fingerprint density at radius 1 is 1.10 bits per heavy atom. The molecule has 9 heteroatoms. The van der Waals surface area contributed by atoms with E-state index >= 15 is 0 Å². The first-order chi connectivity index (χ1) is 15.0. The number of carbonyl (C=O) groups is 1. The molecule has 2 heterocycles. The lowest BCUT2D eigenvalue weighted by Crippen LogP contribution is -2.40. The molecule has 0 saturated carbocycles. The van der Waals surface area contributed by atoms with E-state index in [2.05, 4.69) is 15.3 Å². The van der Waals surface area contributed by atoms with E-state index in [0.717, 1.165) is 21.3 Å². The van der Waals surface area contributed by atoms with Crippen molar-refractivity contribution in [3.8, 4) is 10.6 Å². The van der Waals surface area contributed by atoms with Gasteiger partial charge in [-0.3, -0.25) is 14.2 Å². The van der Waals surface area contributed by atoms with Gasteiger partial charge in [0.1, 0.15) is 10.6 Å². The van der Waals surface area contributed by atoms with E-state index < -0.39 is 17.2 Å².